The molecule has 1 aliphatic rings. The van der Waals surface area contributed by atoms with Gasteiger partial charge in [-0.25, -0.2) is 13.1 Å². The van der Waals surface area contributed by atoms with Crippen LogP contribution in [0.2, 0.25) is 0 Å². The summed E-state index contributed by atoms with van der Waals surface area (Å²) < 4.78 is 27.3. The minimum atomic E-state index is -3.44. The zero-order valence-corrected chi connectivity index (χ0v) is 12.5. The summed E-state index contributed by atoms with van der Waals surface area (Å²) in [5, 5.41) is 8.61. The van der Waals surface area contributed by atoms with Gasteiger partial charge in [-0.3, -0.25) is 0 Å². The molecule has 0 heterocycles. The van der Waals surface area contributed by atoms with Crippen LogP contribution in [0.5, 0.6) is 0 Å². The monoisotopic (exact) mass is 292 g/mol. The minimum Gasteiger partial charge on any atom is -0.208 e. The lowest BCUT2D eigenvalue weighted by atomic mass is 9.88. The Kier molecular flexibility index (Phi) is 4.79. The van der Waals surface area contributed by atoms with Crippen LogP contribution in [0.15, 0.2) is 29.2 Å². The van der Waals surface area contributed by atoms with E-state index in [1.807, 2.05) is 6.07 Å². The molecule has 2 rings (SSSR count). The smallest absolute Gasteiger partial charge is 0.208 e. The van der Waals surface area contributed by atoms with Gasteiger partial charge in [0.1, 0.15) is 0 Å². The van der Waals surface area contributed by atoms with E-state index in [2.05, 4.69) is 11.6 Å². The first-order valence-electron chi connectivity index (χ1n) is 6.99. The number of nitrogens with one attached hydrogen (secondary N) is 1. The Morgan fingerprint density at radius 3 is 2.35 bits per heavy atom. The van der Waals surface area contributed by atoms with Crippen molar-refractivity contribution in [2.75, 3.05) is 0 Å². The van der Waals surface area contributed by atoms with E-state index >= 15 is 0 Å². The predicted molar refractivity (Wildman–Crippen MR) is 77.5 cm³/mol. The molecule has 0 bridgehead atoms. The number of rotatable bonds is 4. The molecule has 0 aromatic heterocycles. The molecule has 0 radical (unpaired) electrons. The Morgan fingerprint density at radius 2 is 1.80 bits per heavy atom. The van der Waals surface area contributed by atoms with Gasteiger partial charge in [0.2, 0.25) is 10.0 Å². The molecule has 1 saturated carbocycles. The summed E-state index contributed by atoms with van der Waals surface area (Å²) in [6, 6.07) is 8.63. The molecule has 1 aliphatic carbocycles. The maximum atomic E-state index is 12.3. The standard InChI is InChI=1S/C15H20N2O2S/c1-12-2-6-14(7-3-12)17-20(18,19)15-8-4-13(5-9-15)10-11-16/h4-5,8-9,12,14,17H,2-3,6-7,10H2,1H3. The fraction of sp³-hybridized carbons (Fsp3) is 0.533. The van der Waals surface area contributed by atoms with E-state index < -0.39 is 10.0 Å². The average Bonchev–Trinajstić information content (AvgIpc) is 2.42. The number of hydrogen-bond acceptors (Lipinski definition) is 3. The van der Waals surface area contributed by atoms with Crippen molar-refractivity contribution in [2.24, 2.45) is 5.92 Å². The molecular formula is C15H20N2O2S. The van der Waals surface area contributed by atoms with E-state index in [9.17, 15) is 8.42 Å². The van der Waals surface area contributed by atoms with Crippen LogP contribution in [0.1, 0.15) is 38.2 Å². The zero-order valence-electron chi connectivity index (χ0n) is 11.7. The lowest BCUT2D eigenvalue weighted by molar-refractivity contribution is 0.332. The third-order valence-corrected chi connectivity index (χ3v) is 5.39. The Bertz CT molecular complexity index is 579. The third kappa shape index (κ3) is 3.81. The maximum Gasteiger partial charge on any atom is 0.240 e. The normalized spacial score (nSPS) is 23.2. The van der Waals surface area contributed by atoms with Gasteiger partial charge >= 0.3 is 0 Å². The van der Waals surface area contributed by atoms with E-state index in [0.717, 1.165) is 31.2 Å². The highest BCUT2D eigenvalue weighted by Crippen LogP contribution is 2.24. The second-order valence-corrected chi connectivity index (χ2v) is 7.27. The summed E-state index contributed by atoms with van der Waals surface area (Å²) in [4.78, 5) is 0.276. The first-order chi connectivity index (χ1) is 9.51. The molecule has 0 atom stereocenters. The van der Waals surface area contributed by atoms with E-state index in [1.165, 1.54) is 0 Å². The molecular weight excluding hydrogens is 272 g/mol. The molecule has 0 unspecified atom stereocenters. The molecule has 0 spiro atoms. The molecule has 20 heavy (non-hydrogen) atoms. The summed E-state index contributed by atoms with van der Waals surface area (Å²) in [6.07, 6.45) is 4.27. The minimum absolute atomic E-state index is 0.0509. The van der Waals surface area contributed by atoms with E-state index in [0.29, 0.717) is 12.3 Å². The lowest BCUT2D eigenvalue weighted by Gasteiger charge is -2.26. The van der Waals surface area contributed by atoms with Gasteiger partial charge in [-0.1, -0.05) is 19.1 Å². The second-order valence-electron chi connectivity index (χ2n) is 5.56. The number of hydrogen-bond donors (Lipinski definition) is 1. The maximum absolute atomic E-state index is 12.3. The Balaban J connectivity index is 2.04. The predicted octanol–water partition coefficient (Wildman–Crippen LogP) is 2.61. The summed E-state index contributed by atoms with van der Waals surface area (Å²) in [6.45, 7) is 2.21. The molecule has 4 nitrogen and oxygen atoms in total. The van der Waals surface area contributed by atoms with Crippen LogP contribution < -0.4 is 4.72 Å². The van der Waals surface area contributed by atoms with Gasteiger partial charge in [-0.15, -0.1) is 0 Å². The van der Waals surface area contributed by atoms with Crippen molar-refractivity contribution in [2.45, 2.75) is 50.0 Å². The van der Waals surface area contributed by atoms with Gasteiger partial charge < -0.3 is 0 Å². The van der Waals surface area contributed by atoms with Crippen LogP contribution >= 0.6 is 0 Å². The third-order valence-electron chi connectivity index (χ3n) is 3.85. The summed E-state index contributed by atoms with van der Waals surface area (Å²) in [5.41, 5.74) is 0.831. The van der Waals surface area contributed by atoms with Crippen LogP contribution in [0.4, 0.5) is 0 Å². The molecule has 1 aromatic rings. The Labute approximate surface area is 120 Å². The highest BCUT2D eigenvalue weighted by atomic mass is 32.2. The largest absolute Gasteiger partial charge is 0.240 e. The number of nitriles is 1. The van der Waals surface area contributed by atoms with E-state index in [4.69, 9.17) is 5.26 Å². The Hall–Kier alpha value is -1.38. The van der Waals surface area contributed by atoms with Crippen LogP contribution in [-0.2, 0) is 16.4 Å². The van der Waals surface area contributed by atoms with Crippen molar-refractivity contribution < 1.29 is 8.42 Å². The molecule has 1 fully saturated rings. The number of sulfonamides is 1. The molecule has 108 valence electrons. The van der Waals surface area contributed by atoms with Crippen molar-refractivity contribution in [1.29, 1.82) is 5.26 Å². The summed E-state index contributed by atoms with van der Waals surface area (Å²) in [5.74, 6) is 0.695. The van der Waals surface area contributed by atoms with Crippen LogP contribution in [-0.4, -0.2) is 14.5 Å². The fourth-order valence-corrected chi connectivity index (χ4v) is 3.85. The van der Waals surface area contributed by atoms with Gasteiger partial charge in [0.25, 0.3) is 0 Å². The average molecular weight is 292 g/mol. The van der Waals surface area contributed by atoms with E-state index in [1.54, 1.807) is 24.3 Å². The zero-order chi connectivity index (χ0) is 14.6. The van der Waals surface area contributed by atoms with Crippen molar-refractivity contribution in [3.8, 4) is 6.07 Å². The molecule has 0 aliphatic heterocycles. The lowest BCUT2D eigenvalue weighted by Crippen LogP contribution is -2.37. The molecule has 1 N–H and O–H groups in total. The van der Waals surface area contributed by atoms with Gasteiger partial charge in [0.15, 0.2) is 0 Å². The molecule has 0 amide bonds. The fourth-order valence-electron chi connectivity index (χ4n) is 2.54. The summed E-state index contributed by atoms with van der Waals surface area (Å²) >= 11 is 0. The van der Waals surface area contributed by atoms with Gasteiger partial charge in [0, 0.05) is 6.04 Å². The van der Waals surface area contributed by atoms with Crippen LogP contribution in [0, 0.1) is 17.2 Å². The molecule has 5 heteroatoms. The van der Waals surface area contributed by atoms with Crippen LogP contribution in [0.25, 0.3) is 0 Å². The first-order valence-corrected chi connectivity index (χ1v) is 8.48. The number of benzene rings is 1. The van der Waals surface area contributed by atoms with Crippen molar-refractivity contribution in [3.63, 3.8) is 0 Å². The highest BCUT2D eigenvalue weighted by Gasteiger charge is 2.23. The van der Waals surface area contributed by atoms with Crippen molar-refractivity contribution in [3.05, 3.63) is 29.8 Å². The SMILES string of the molecule is CC1CCC(NS(=O)(=O)c2ccc(CC#N)cc2)CC1. The van der Waals surface area contributed by atoms with Crippen molar-refractivity contribution >= 4 is 10.0 Å². The van der Waals surface area contributed by atoms with E-state index in [-0.39, 0.29) is 10.9 Å². The topological polar surface area (TPSA) is 70.0 Å². The quantitative estimate of drug-likeness (QED) is 0.927. The second kappa shape index (κ2) is 6.38. The molecule has 1 aromatic carbocycles. The number of nitrogens with zero attached hydrogens (tertiary/aromatic N) is 1. The highest BCUT2D eigenvalue weighted by molar-refractivity contribution is 7.89. The van der Waals surface area contributed by atoms with Crippen molar-refractivity contribution in [1.82, 2.24) is 4.72 Å². The Morgan fingerprint density at radius 1 is 1.20 bits per heavy atom. The van der Waals surface area contributed by atoms with Gasteiger partial charge in [0.05, 0.1) is 17.4 Å². The van der Waals surface area contributed by atoms with Gasteiger partial charge in [-0.05, 0) is 49.3 Å². The summed E-state index contributed by atoms with van der Waals surface area (Å²) in [7, 11) is -3.44. The molecule has 0 saturated heterocycles. The van der Waals surface area contributed by atoms with Crippen LogP contribution in [0.3, 0.4) is 0 Å². The van der Waals surface area contributed by atoms with Gasteiger partial charge in [-0.2, -0.15) is 5.26 Å². The first kappa shape index (κ1) is 15.0.